The van der Waals surface area contributed by atoms with Crippen LogP contribution in [0.3, 0.4) is 0 Å². The number of aliphatic carboxylic acids is 2. The van der Waals surface area contributed by atoms with Gasteiger partial charge in [0.1, 0.15) is 57.8 Å². The second kappa shape index (κ2) is 16.7. The highest BCUT2D eigenvalue weighted by molar-refractivity contribution is 8.00. The molecule has 22 nitrogen and oxygen atoms in total. The Bertz CT molecular complexity index is 2150. The number of Topliss-reactive ketones (excluding diaryl/α,β-unsaturated/α-hetero) is 1. The molecule has 2 atom stereocenters. The molecule has 5 rings (SSSR count). The Hall–Kier alpha value is -6.11. The number of ketones is 2. The van der Waals surface area contributed by atoms with Crippen molar-refractivity contribution in [2.75, 3.05) is 42.2 Å². The van der Waals surface area contributed by atoms with Crippen LogP contribution in [0.4, 0.5) is 16.6 Å². The predicted octanol–water partition coefficient (Wildman–Crippen LogP) is -1.52. The van der Waals surface area contributed by atoms with Crippen molar-refractivity contribution in [1.82, 2.24) is 30.6 Å². The number of carbonyl (C=O) groups is 7. The number of carboxylic acid groups (broad SMARTS) is 2. The molecule has 3 amide bonds. The molecule has 10 N–H and O–H groups in total. The van der Waals surface area contributed by atoms with Gasteiger partial charge in [-0.05, 0) is 30.5 Å². The average Bonchev–Trinajstić information content (AvgIpc) is 3.47. The van der Waals surface area contributed by atoms with E-state index in [1.165, 1.54) is 31.9 Å². The lowest BCUT2D eigenvalue weighted by Gasteiger charge is -2.49. The number of nitrogens with two attached hydrogens (primary N) is 2. The molecule has 0 saturated carbocycles. The predicted molar refractivity (Wildman–Crippen MR) is 197 cm³/mol. The molecule has 0 radical (unpaired) electrons. The Morgan fingerprint density at radius 3 is 2.59 bits per heavy atom. The number of rotatable bonds is 15. The lowest BCUT2D eigenvalue weighted by Crippen LogP contribution is -2.71. The van der Waals surface area contributed by atoms with Crippen molar-refractivity contribution in [1.29, 1.82) is 0 Å². The number of nitrogens with zero attached hydrogens (tertiary/aromatic N) is 6. The topological polar surface area (TPSA) is 326 Å². The van der Waals surface area contributed by atoms with Crippen LogP contribution in [0.25, 0.3) is 0 Å². The maximum atomic E-state index is 13.4. The van der Waals surface area contributed by atoms with Gasteiger partial charge in [0, 0.05) is 24.9 Å². The summed E-state index contributed by atoms with van der Waals surface area (Å²) < 4.78 is 1.57. The van der Waals surface area contributed by atoms with Gasteiger partial charge in [-0.3, -0.25) is 34.1 Å². The molecule has 3 aliphatic rings. The van der Waals surface area contributed by atoms with Crippen molar-refractivity contribution in [3.05, 3.63) is 57.7 Å². The Kier molecular flexibility index (Phi) is 12.3. The van der Waals surface area contributed by atoms with Crippen LogP contribution in [0, 0.1) is 0 Å². The molecule has 3 aliphatic heterocycles. The molecule has 0 aliphatic carbocycles. The summed E-state index contributed by atoms with van der Waals surface area (Å²) in [6.07, 6.45) is 6.97. The lowest BCUT2D eigenvalue weighted by atomic mass is 10.0. The van der Waals surface area contributed by atoms with Crippen molar-refractivity contribution in [3.63, 3.8) is 0 Å². The highest BCUT2D eigenvalue weighted by Gasteiger charge is 2.54. The number of halogens is 1. The van der Waals surface area contributed by atoms with E-state index in [1.54, 1.807) is 22.9 Å². The number of thiazole rings is 1. The van der Waals surface area contributed by atoms with Gasteiger partial charge in [0.2, 0.25) is 17.2 Å². The Morgan fingerprint density at radius 1 is 1.20 bits per heavy atom. The fourth-order valence-corrected chi connectivity index (χ4v) is 7.33. The molecule has 56 heavy (non-hydrogen) atoms. The molecule has 2 aromatic rings. The monoisotopic (exact) mass is 834 g/mol. The van der Waals surface area contributed by atoms with Crippen LogP contribution in [-0.4, -0.2) is 125 Å². The van der Waals surface area contributed by atoms with Crippen LogP contribution in [0.15, 0.2) is 52.9 Å². The van der Waals surface area contributed by atoms with Gasteiger partial charge in [-0.25, -0.2) is 24.2 Å². The van der Waals surface area contributed by atoms with E-state index in [4.69, 9.17) is 27.9 Å². The standard InChI is InChI=1S/C31H32ClN11O11S2/c1-31(2,29(51)52)54-40-19(18-22(32)56-30(34)39-18)25(47)38-20-26(48)43-21(28(49)50)13(11-55-27(20)43)4-3-7-41-9-14(23(33)37-12-41)35-5-6-36-24(46)15-8-16(44)17(45)10-42(15)53/h3-4,8-9,12,20,27,33,35,53H,5-7,10-11H2,1-2H3,(H6,34,36,38,39,46,47,49,50,51,52)/p+1/b4-3+,40-19-/t20-,27-/m1/s1. The van der Waals surface area contributed by atoms with Crippen LogP contribution in [0.2, 0.25) is 4.34 Å². The van der Waals surface area contributed by atoms with Gasteiger partial charge in [-0.15, -0.1) is 11.8 Å². The Balaban J connectivity index is 1.21. The van der Waals surface area contributed by atoms with Crippen LogP contribution < -0.4 is 32.0 Å². The van der Waals surface area contributed by atoms with Crippen LogP contribution in [0.5, 0.6) is 0 Å². The molecule has 25 heteroatoms. The molecule has 0 bridgehead atoms. The third kappa shape index (κ3) is 8.88. The highest BCUT2D eigenvalue weighted by atomic mass is 35.5. The first-order chi connectivity index (χ1) is 26.4. The van der Waals surface area contributed by atoms with Crippen molar-refractivity contribution in [2.24, 2.45) is 5.16 Å². The minimum atomic E-state index is -1.86. The van der Waals surface area contributed by atoms with E-state index < -0.39 is 70.5 Å². The van der Waals surface area contributed by atoms with Gasteiger partial charge < -0.3 is 42.5 Å². The molecular formula is C31H33ClN11O11S2+. The summed E-state index contributed by atoms with van der Waals surface area (Å²) in [6.45, 7) is 2.14. The van der Waals surface area contributed by atoms with Crippen LogP contribution >= 0.6 is 34.7 Å². The van der Waals surface area contributed by atoms with Crippen molar-refractivity contribution in [2.45, 2.75) is 37.4 Å². The summed E-state index contributed by atoms with van der Waals surface area (Å²) in [5, 5.41) is 40.5. The number of thioether (sulfide) groups is 1. The summed E-state index contributed by atoms with van der Waals surface area (Å²) in [4.78, 5) is 100. The molecule has 1 fully saturated rings. The number of allylic oxidation sites excluding steroid dienone is 3. The smallest absolute Gasteiger partial charge is 0.352 e. The Morgan fingerprint density at radius 2 is 1.93 bits per heavy atom. The SMILES string of the molecule is CC(C)(O/N=C(\C(=O)N[C@@H]1C(=O)N2C(C(=O)O)=C(/C=C/C[n+]3cnc(N)c(NCCNC(=O)C4=CC(=O)C(=O)CN4O)c3)CS[C@H]12)c1nc(N)sc1Cl)C(=O)O. The van der Waals surface area contributed by atoms with Gasteiger partial charge >= 0.3 is 11.9 Å². The molecular weight excluding hydrogens is 802 g/mol. The zero-order valence-corrected chi connectivity index (χ0v) is 31.6. The summed E-state index contributed by atoms with van der Waals surface area (Å²) in [5.74, 6) is -6.73. The summed E-state index contributed by atoms with van der Waals surface area (Å²) in [5.41, 5.74) is 9.13. The number of hydrogen-bond acceptors (Lipinski definition) is 18. The average molecular weight is 835 g/mol. The minimum Gasteiger partial charge on any atom is -0.478 e. The number of carboxylic acids is 2. The zero-order valence-electron chi connectivity index (χ0n) is 29.2. The summed E-state index contributed by atoms with van der Waals surface area (Å²) in [7, 11) is 0. The van der Waals surface area contributed by atoms with E-state index >= 15 is 0 Å². The van der Waals surface area contributed by atoms with Gasteiger partial charge in [0.15, 0.2) is 10.8 Å². The fourth-order valence-electron chi connectivity index (χ4n) is 5.08. The summed E-state index contributed by atoms with van der Waals surface area (Å²) in [6, 6.07) is -1.20. The lowest BCUT2D eigenvalue weighted by molar-refractivity contribution is -0.689. The highest BCUT2D eigenvalue weighted by Crippen LogP contribution is 2.41. The molecule has 296 valence electrons. The molecule has 1 saturated heterocycles. The number of hydroxylamine groups is 2. The molecule has 0 unspecified atom stereocenters. The van der Waals surface area contributed by atoms with E-state index in [1.807, 2.05) is 0 Å². The van der Waals surface area contributed by atoms with E-state index in [-0.39, 0.29) is 57.8 Å². The van der Waals surface area contributed by atoms with E-state index in [9.17, 15) is 49.0 Å². The molecule has 0 spiro atoms. The maximum absolute atomic E-state index is 13.4. The first kappa shape index (κ1) is 41.1. The zero-order chi connectivity index (χ0) is 41.1. The number of β-lactam (4-membered cyclic amide) rings is 1. The number of carbonyl (C=O) groups excluding carboxylic acids is 5. The van der Waals surface area contributed by atoms with Gasteiger partial charge in [-0.1, -0.05) is 34.2 Å². The second-order valence-corrected chi connectivity index (χ2v) is 15.1. The first-order valence-corrected chi connectivity index (χ1v) is 18.4. The third-order valence-corrected chi connectivity index (χ3v) is 10.4. The molecule has 2 aromatic heterocycles. The number of oxime groups is 1. The minimum absolute atomic E-state index is 0.0220. The largest absolute Gasteiger partial charge is 0.478 e. The van der Waals surface area contributed by atoms with Crippen LogP contribution in [0.1, 0.15) is 19.5 Å². The second-order valence-electron chi connectivity index (χ2n) is 12.4. The molecule has 5 heterocycles. The quantitative estimate of drug-likeness (QED) is 0.0252. The number of hydrogen-bond donors (Lipinski definition) is 8. The van der Waals surface area contributed by atoms with Crippen molar-refractivity contribution < 1.29 is 58.4 Å². The number of fused-ring (bicyclic) bond motifs is 1. The Labute approximate surface area is 328 Å². The number of nitrogens with one attached hydrogen (secondary N) is 3. The fraction of sp³-hybridized carbons (Fsp3) is 0.323. The van der Waals surface area contributed by atoms with E-state index in [0.717, 1.165) is 22.3 Å². The van der Waals surface area contributed by atoms with Gasteiger partial charge in [0.25, 0.3) is 29.9 Å². The van der Waals surface area contributed by atoms with Gasteiger partial charge in [-0.2, -0.15) is 0 Å². The first-order valence-electron chi connectivity index (χ1n) is 16.1. The maximum Gasteiger partial charge on any atom is 0.352 e. The normalized spacial score (nSPS) is 18.7. The number of anilines is 3. The van der Waals surface area contributed by atoms with Crippen molar-refractivity contribution >= 4 is 98.3 Å². The number of amides is 3. The number of aromatic nitrogens is 3. The third-order valence-electron chi connectivity index (χ3n) is 8.03. The van der Waals surface area contributed by atoms with Crippen molar-refractivity contribution in [3.8, 4) is 0 Å². The summed E-state index contributed by atoms with van der Waals surface area (Å²) >= 11 is 8.20. The van der Waals surface area contributed by atoms with E-state index in [0.29, 0.717) is 16.3 Å². The van der Waals surface area contributed by atoms with Gasteiger partial charge in [0.05, 0.1) is 0 Å². The number of nitrogen functional groups attached to an aromatic ring is 2. The van der Waals surface area contributed by atoms with Crippen LogP contribution in [-0.2, 0) is 44.9 Å². The van der Waals surface area contributed by atoms with E-state index in [2.05, 4.69) is 31.1 Å². The molecule has 0 aromatic carbocycles.